The third kappa shape index (κ3) is 3.67. The Labute approximate surface area is 156 Å². The van der Waals surface area contributed by atoms with Gasteiger partial charge in [-0.25, -0.2) is 0 Å². The summed E-state index contributed by atoms with van der Waals surface area (Å²) in [4.78, 5) is 16.3. The number of aromatic nitrogens is 1. The first kappa shape index (κ1) is 16.5. The summed E-state index contributed by atoms with van der Waals surface area (Å²) in [6.07, 6.45) is 5.04. The second kappa shape index (κ2) is 7.50. The molecular formula is C20H20N2OS2. The van der Waals surface area contributed by atoms with Gasteiger partial charge < -0.3 is 9.47 Å². The van der Waals surface area contributed by atoms with Crippen molar-refractivity contribution in [2.75, 3.05) is 18.8 Å². The van der Waals surface area contributed by atoms with Gasteiger partial charge in [0.15, 0.2) is 0 Å². The number of amides is 1. The molecule has 3 nitrogen and oxygen atoms in total. The highest BCUT2D eigenvalue weighted by Crippen LogP contribution is 2.36. The lowest BCUT2D eigenvalue weighted by Gasteiger charge is -2.20. The maximum Gasteiger partial charge on any atom is 0.253 e. The van der Waals surface area contributed by atoms with Gasteiger partial charge in [0.1, 0.15) is 0 Å². The van der Waals surface area contributed by atoms with Gasteiger partial charge in [0.2, 0.25) is 0 Å². The van der Waals surface area contributed by atoms with Crippen LogP contribution in [0.5, 0.6) is 0 Å². The zero-order valence-corrected chi connectivity index (χ0v) is 15.5. The molecule has 3 heterocycles. The van der Waals surface area contributed by atoms with Crippen molar-refractivity contribution in [1.29, 1.82) is 0 Å². The van der Waals surface area contributed by atoms with Gasteiger partial charge in [-0.05, 0) is 54.3 Å². The first-order chi connectivity index (χ1) is 12.3. The van der Waals surface area contributed by atoms with E-state index in [-0.39, 0.29) is 5.91 Å². The van der Waals surface area contributed by atoms with Crippen molar-refractivity contribution in [3.05, 3.63) is 76.7 Å². The zero-order valence-electron chi connectivity index (χ0n) is 13.9. The molecule has 0 bridgehead atoms. The van der Waals surface area contributed by atoms with Gasteiger partial charge in [-0.1, -0.05) is 6.07 Å². The van der Waals surface area contributed by atoms with Crippen molar-refractivity contribution >= 4 is 29.0 Å². The Balaban J connectivity index is 1.44. The van der Waals surface area contributed by atoms with E-state index in [0.29, 0.717) is 5.25 Å². The normalized spacial score (nSPS) is 18.1. The summed E-state index contributed by atoms with van der Waals surface area (Å²) in [7, 11) is 0. The lowest BCUT2D eigenvalue weighted by molar-refractivity contribution is 0.0766. The number of nitrogens with zero attached hydrogens (tertiary/aromatic N) is 2. The molecule has 1 atom stereocenters. The summed E-state index contributed by atoms with van der Waals surface area (Å²) < 4.78 is 2.04. The second-order valence-electron chi connectivity index (χ2n) is 6.09. The molecule has 5 heteroatoms. The molecule has 1 aliphatic rings. The van der Waals surface area contributed by atoms with Crippen LogP contribution in [0.2, 0.25) is 0 Å². The van der Waals surface area contributed by atoms with Gasteiger partial charge in [0, 0.05) is 52.6 Å². The molecule has 0 spiro atoms. The predicted molar refractivity (Wildman–Crippen MR) is 106 cm³/mol. The molecule has 2 aromatic heterocycles. The van der Waals surface area contributed by atoms with Crippen molar-refractivity contribution in [2.24, 2.45) is 0 Å². The van der Waals surface area contributed by atoms with Gasteiger partial charge >= 0.3 is 0 Å². The molecule has 0 saturated carbocycles. The molecule has 0 radical (unpaired) electrons. The van der Waals surface area contributed by atoms with E-state index in [9.17, 15) is 4.79 Å². The predicted octanol–water partition coefficient (Wildman–Crippen LogP) is 4.86. The Hall–Kier alpha value is -1.98. The first-order valence-corrected chi connectivity index (χ1v) is 10.4. The maximum absolute atomic E-state index is 12.9. The minimum atomic E-state index is 0.145. The fraction of sp³-hybridized carbons (Fsp3) is 0.250. The minimum Gasteiger partial charge on any atom is -0.338 e. The Morgan fingerprint density at radius 2 is 1.80 bits per heavy atom. The molecule has 1 aromatic carbocycles. The van der Waals surface area contributed by atoms with Crippen molar-refractivity contribution in [3.63, 3.8) is 0 Å². The molecule has 1 fully saturated rings. The van der Waals surface area contributed by atoms with Crippen LogP contribution in [0.1, 0.15) is 26.9 Å². The number of carbonyl (C=O) groups is 1. The van der Waals surface area contributed by atoms with Crippen LogP contribution in [-0.2, 0) is 0 Å². The van der Waals surface area contributed by atoms with E-state index in [1.54, 1.807) is 0 Å². The van der Waals surface area contributed by atoms with Crippen LogP contribution in [0.3, 0.4) is 0 Å². The molecule has 3 aromatic rings. The summed E-state index contributed by atoms with van der Waals surface area (Å²) in [5.41, 5.74) is 1.85. The second-order valence-corrected chi connectivity index (χ2v) is 8.38. The third-order valence-electron chi connectivity index (χ3n) is 4.51. The third-order valence-corrected chi connectivity index (χ3v) is 6.95. The Kier molecular flexibility index (Phi) is 4.95. The molecule has 4 rings (SSSR count). The van der Waals surface area contributed by atoms with Gasteiger partial charge in [-0.3, -0.25) is 4.79 Å². The summed E-state index contributed by atoms with van der Waals surface area (Å²) >= 11 is 3.79. The molecule has 0 aliphatic carbocycles. The van der Waals surface area contributed by atoms with Crippen LogP contribution in [0.4, 0.5) is 0 Å². The number of thiophene rings is 1. The quantitative estimate of drug-likeness (QED) is 0.660. The van der Waals surface area contributed by atoms with E-state index >= 15 is 0 Å². The Morgan fingerprint density at radius 1 is 1.00 bits per heavy atom. The van der Waals surface area contributed by atoms with Crippen LogP contribution in [0.15, 0.2) is 66.3 Å². The number of benzene rings is 1. The molecule has 1 saturated heterocycles. The fourth-order valence-corrected chi connectivity index (χ4v) is 5.38. The van der Waals surface area contributed by atoms with Crippen LogP contribution in [0.25, 0.3) is 5.69 Å². The van der Waals surface area contributed by atoms with E-state index < -0.39 is 0 Å². The van der Waals surface area contributed by atoms with Gasteiger partial charge in [-0.2, -0.15) is 11.8 Å². The number of hydrogen-bond acceptors (Lipinski definition) is 3. The van der Waals surface area contributed by atoms with Crippen molar-refractivity contribution < 1.29 is 4.79 Å². The topological polar surface area (TPSA) is 25.2 Å². The maximum atomic E-state index is 12.9. The van der Waals surface area contributed by atoms with Gasteiger partial charge in [-0.15, -0.1) is 11.3 Å². The highest BCUT2D eigenvalue weighted by molar-refractivity contribution is 7.99. The van der Waals surface area contributed by atoms with Crippen LogP contribution < -0.4 is 0 Å². The van der Waals surface area contributed by atoms with E-state index in [4.69, 9.17) is 0 Å². The van der Waals surface area contributed by atoms with Crippen LogP contribution >= 0.6 is 23.1 Å². The van der Waals surface area contributed by atoms with Crippen LogP contribution in [0, 0.1) is 0 Å². The summed E-state index contributed by atoms with van der Waals surface area (Å²) in [5, 5.41) is 2.66. The molecule has 1 aliphatic heterocycles. The van der Waals surface area contributed by atoms with E-state index in [1.165, 1.54) is 4.88 Å². The van der Waals surface area contributed by atoms with Crippen LogP contribution in [-0.4, -0.2) is 34.2 Å². The molecular weight excluding hydrogens is 348 g/mol. The summed E-state index contributed by atoms with van der Waals surface area (Å²) in [5.74, 6) is 1.14. The molecule has 1 amide bonds. The highest BCUT2D eigenvalue weighted by Gasteiger charge is 2.23. The van der Waals surface area contributed by atoms with Crippen molar-refractivity contribution in [2.45, 2.75) is 11.7 Å². The summed E-state index contributed by atoms with van der Waals surface area (Å²) in [6.45, 7) is 1.65. The SMILES string of the molecule is O=C(c1ccc(-n2cccc2)cc1)N1CCSC(c2cccs2)CC1. The number of rotatable bonds is 3. The average Bonchev–Trinajstić information content (AvgIpc) is 3.32. The highest BCUT2D eigenvalue weighted by atomic mass is 32.2. The van der Waals surface area contributed by atoms with E-state index in [1.807, 2.05) is 81.4 Å². The lowest BCUT2D eigenvalue weighted by Crippen LogP contribution is -2.32. The monoisotopic (exact) mass is 368 g/mol. The minimum absolute atomic E-state index is 0.145. The first-order valence-electron chi connectivity index (χ1n) is 8.49. The summed E-state index contributed by atoms with van der Waals surface area (Å²) in [6, 6.07) is 16.2. The Bertz CT molecular complexity index is 810. The van der Waals surface area contributed by atoms with E-state index in [0.717, 1.165) is 36.5 Å². The van der Waals surface area contributed by atoms with Gasteiger partial charge in [0.25, 0.3) is 5.91 Å². The largest absolute Gasteiger partial charge is 0.338 e. The molecule has 128 valence electrons. The molecule has 25 heavy (non-hydrogen) atoms. The number of thioether (sulfide) groups is 1. The average molecular weight is 369 g/mol. The zero-order chi connectivity index (χ0) is 17.1. The Morgan fingerprint density at radius 3 is 2.52 bits per heavy atom. The van der Waals surface area contributed by atoms with Crippen molar-refractivity contribution in [1.82, 2.24) is 9.47 Å². The molecule has 0 N–H and O–H groups in total. The van der Waals surface area contributed by atoms with Crippen molar-refractivity contribution in [3.8, 4) is 5.69 Å². The number of hydrogen-bond donors (Lipinski definition) is 0. The number of carbonyl (C=O) groups excluding carboxylic acids is 1. The lowest BCUT2D eigenvalue weighted by atomic mass is 10.1. The smallest absolute Gasteiger partial charge is 0.253 e. The standard InChI is InChI=1S/C20H20N2OS2/c23-20(16-5-7-17(8-6-16)21-10-1-2-11-21)22-12-9-19(25-15-13-22)18-4-3-14-24-18/h1-8,10-11,14,19H,9,12-13,15H2. The molecule has 1 unspecified atom stereocenters. The fourth-order valence-electron chi connectivity index (χ4n) is 3.14. The van der Waals surface area contributed by atoms with E-state index in [2.05, 4.69) is 17.5 Å². The van der Waals surface area contributed by atoms with Gasteiger partial charge in [0.05, 0.1) is 0 Å².